The average Bonchev–Trinajstić information content (AvgIpc) is 2.52. The lowest BCUT2D eigenvalue weighted by Gasteiger charge is -2.22. The molecule has 0 heterocycles. The highest BCUT2D eigenvalue weighted by atomic mass is 16.5. The summed E-state index contributed by atoms with van der Waals surface area (Å²) in [5.41, 5.74) is 0.635. The number of carbonyl (C=O) groups excluding carboxylic acids is 1. The van der Waals surface area contributed by atoms with Crippen molar-refractivity contribution in [3.8, 4) is 5.75 Å². The number of aliphatic carboxylic acids is 1. The second kappa shape index (κ2) is 8.22. The predicted octanol–water partition coefficient (Wildman–Crippen LogP) is 2.61. The van der Waals surface area contributed by atoms with Crippen LogP contribution in [-0.2, 0) is 9.59 Å². The third-order valence-electron chi connectivity index (χ3n) is 3.65. The van der Waals surface area contributed by atoms with Crippen LogP contribution in [0.15, 0.2) is 30.3 Å². The van der Waals surface area contributed by atoms with E-state index in [1.807, 2.05) is 0 Å². The first kappa shape index (κ1) is 16.1. The van der Waals surface area contributed by atoms with E-state index >= 15 is 0 Å². The Kier molecular flexibility index (Phi) is 6.01. The SMILES string of the molecule is O=C(O)C=Cc1ccccc1OCC(=O)NC1CCCCC1. The van der Waals surface area contributed by atoms with Gasteiger partial charge < -0.3 is 15.2 Å². The fourth-order valence-electron chi connectivity index (χ4n) is 2.57. The molecule has 0 saturated heterocycles. The maximum absolute atomic E-state index is 11.9. The molecule has 0 bridgehead atoms. The van der Waals surface area contributed by atoms with Crippen LogP contribution in [0.25, 0.3) is 6.08 Å². The molecule has 1 aromatic carbocycles. The standard InChI is InChI=1S/C17H21NO4/c19-16(18-14-7-2-1-3-8-14)12-22-15-9-5-4-6-13(15)10-11-17(20)21/h4-6,9-11,14H,1-3,7-8,12H2,(H,18,19)(H,20,21). The molecule has 0 radical (unpaired) electrons. The summed E-state index contributed by atoms with van der Waals surface area (Å²) in [6.07, 6.45) is 8.13. The van der Waals surface area contributed by atoms with E-state index < -0.39 is 5.97 Å². The molecule has 0 aliphatic heterocycles. The Bertz CT molecular complexity index is 547. The van der Waals surface area contributed by atoms with Gasteiger partial charge in [-0.2, -0.15) is 0 Å². The van der Waals surface area contributed by atoms with Crippen LogP contribution >= 0.6 is 0 Å². The number of hydrogen-bond donors (Lipinski definition) is 2. The molecular weight excluding hydrogens is 282 g/mol. The number of carboxylic acid groups (broad SMARTS) is 1. The maximum Gasteiger partial charge on any atom is 0.328 e. The number of benzene rings is 1. The molecule has 0 unspecified atom stereocenters. The smallest absolute Gasteiger partial charge is 0.328 e. The molecule has 2 N–H and O–H groups in total. The Morgan fingerprint density at radius 2 is 1.95 bits per heavy atom. The highest BCUT2D eigenvalue weighted by Gasteiger charge is 2.16. The molecular formula is C17H21NO4. The molecule has 1 saturated carbocycles. The van der Waals surface area contributed by atoms with Crippen molar-refractivity contribution in [1.29, 1.82) is 0 Å². The molecule has 1 aromatic rings. The van der Waals surface area contributed by atoms with Gasteiger partial charge in [-0.15, -0.1) is 0 Å². The fraction of sp³-hybridized carbons (Fsp3) is 0.412. The van der Waals surface area contributed by atoms with Crippen molar-refractivity contribution in [1.82, 2.24) is 5.32 Å². The van der Waals surface area contributed by atoms with Gasteiger partial charge in [-0.1, -0.05) is 37.5 Å². The number of carbonyl (C=O) groups is 2. The van der Waals surface area contributed by atoms with Crippen LogP contribution in [0.5, 0.6) is 5.75 Å². The number of nitrogens with one attached hydrogen (secondary N) is 1. The lowest BCUT2D eigenvalue weighted by Crippen LogP contribution is -2.39. The largest absolute Gasteiger partial charge is 0.483 e. The van der Waals surface area contributed by atoms with E-state index in [4.69, 9.17) is 9.84 Å². The molecule has 0 aromatic heterocycles. The quantitative estimate of drug-likeness (QED) is 0.792. The van der Waals surface area contributed by atoms with Gasteiger partial charge in [0.05, 0.1) is 0 Å². The van der Waals surface area contributed by atoms with Crippen molar-refractivity contribution in [2.75, 3.05) is 6.61 Å². The molecule has 1 aliphatic carbocycles. The van der Waals surface area contributed by atoms with Crippen LogP contribution in [0.3, 0.4) is 0 Å². The van der Waals surface area contributed by atoms with Gasteiger partial charge in [0.25, 0.3) is 5.91 Å². The lowest BCUT2D eigenvalue weighted by atomic mass is 9.95. The molecule has 5 nitrogen and oxygen atoms in total. The van der Waals surface area contributed by atoms with E-state index in [1.54, 1.807) is 24.3 Å². The summed E-state index contributed by atoms with van der Waals surface area (Å²) in [6, 6.07) is 7.29. The van der Waals surface area contributed by atoms with E-state index in [1.165, 1.54) is 12.5 Å². The second-order valence-corrected chi connectivity index (χ2v) is 5.40. The third kappa shape index (κ3) is 5.24. The minimum absolute atomic E-state index is 0.0611. The fourth-order valence-corrected chi connectivity index (χ4v) is 2.57. The van der Waals surface area contributed by atoms with Crippen LogP contribution in [-0.4, -0.2) is 29.6 Å². The van der Waals surface area contributed by atoms with Crippen LogP contribution in [0.4, 0.5) is 0 Å². The van der Waals surface area contributed by atoms with Gasteiger partial charge >= 0.3 is 5.97 Å². The van der Waals surface area contributed by atoms with Crippen molar-refractivity contribution in [3.63, 3.8) is 0 Å². The first-order valence-electron chi connectivity index (χ1n) is 7.57. The van der Waals surface area contributed by atoms with Crippen molar-refractivity contribution in [2.45, 2.75) is 38.1 Å². The van der Waals surface area contributed by atoms with Gasteiger partial charge in [-0.05, 0) is 25.0 Å². The molecule has 5 heteroatoms. The molecule has 1 aliphatic rings. The third-order valence-corrected chi connectivity index (χ3v) is 3.65. The zero-order valence-electron chi connectivity index (χ0n) is 12.5. The van der Waals surface area contributed by atoms with E-state index in [9.17, 15) is 9.59 Å². The van der Waals surface area contributed by atoms with E-state index in [2.05, 4.69) is 5.32 Å². The predicted molar refractivity (Wildman–Crippen MR) is 83.6 cm³/mol. The topological polar surface area (TPSA) is 75.6 Å². The minimum Gasteiger partial charge on any atom is -0.483 e. The van der Waals surface area contributed by atoms with E-state index in [-0.39, 0.29) is 18.6 Å². The molecule has 2 rings (SSSR count). The Balaban J connectivity index is 1.87. The average molecular weight is 303 g/mol. The molecule has 0 spiro atoms. The number of amides is 1. The highest BCUT2D eigenvalue weighted by Crippen LogP contribution is 2.20. The molecule has 22 heavy (non-hydrogen) atoms. The normalized spacial score (nSPS) is 15.6. The summed E-state index contributed by atoms with van der Waals surface area (Å²) in [4.78, 5) is 22.5. The lowest BCUT2D eigenvalue weighted by molar-refractivity contribution is -0.131. The van der Waals surface area contributed by atoms with Crippen LogP contribution < -0.4 is 10.1 Å². The van der Waals surface area contributed by atoms with Crippen LogP contribution in [0, 0.1) is 0 Å². The number of para-hydroxylation sites is 1. The van der Waals surface area contributed by atoms with E-state index in [0.717, 1.165) is 31.8 Å². The molecule has 1 amide bonds. The van der Waals surface area contributed by atoms with Gasteiger partial charge in [0.1, 0.15) is 5.75 Å². The monoisotopic (exact) mass is 303 g/mol. The summed E-state index contributed by atoms with van der Waals surface area (Å²) in [5, 5.41) is 11.7. The van der Waals surface area contributed by atoms with Gasteiger partial charge in [-0.25, -0.2) is 4.79 Å². The Morgan fingerprint density at radius 1 is 1.23 bits per heavy atom. The zero-order valence-corrected chi connectivity index (χ0v) is 12.5. The number of ether oxygens (including phenoxy) is 1. The molecule has 118 valence electrons. The summed E-state index contributed by atoms with van der Waals surface area (Å²) >= 11 is 0. The Labute approximate surface area is 130 Å². The van der Waals surface area contributed by atoms with Crippen LogP contribution in [0.2, 0.25) is 0 Å². The molecule has 1 fully saturated rings. The summed E-state index contributed by atoms with van der Waals surface area (Å²) in [7, 11) is 0. The summed E-state index contributed by atoms with van der Waals surface area (Å²) < 4.78 is 5.52. The first-order chi connectivity index (χ1) is 10.6. The van der Waals surface area contributed by atoms with Gasteiger partial charge in [0.15, 0.2) is 6.61 Å². The van der Waals surface area contributed by atoms with Crippen molar-refractivity contribution in [3.05, 3.63) is 35.9 Å². The van der Waals surface area contributed by atoms with Gasteiger partial charge in [0.2, 0.25) is 0 Å². The second-order valence-electron chi connectivity index (χ2n) is 5.40. The van der Waals surface area contributed by atoms with E-state index in [0.29, 0.717) is 11.3 Å². The number of hydrogen-bond acceptors (Lipinski definition) is 3. The minimum atomic E-state index is -1.02. The Hall–Kier alpha value is -2.30. The summed E-state index contributed by atoms with van der Waals surface area (Å²) in [6.45, 7) is -0.0611. The number of rotatable bonds is 6. The highest BCUT2D eigenvalue weighted by molar-refractivity contribution is 5.86. The van der Waals surface area contributed by atoms with Gasteiger partial charge in [0, 0.05) is 17.7 Å². The zero-order chi connectivity index (χ0) is 15.8. The first-order valence-corrected chi connectivity index (χ1v) is 7.57. The maximum atomic E-state index is 11.9. The van der Waals surface area contributed by atoms with Crippen LogP contribution in [0.1, 0.15) is 37.7 Å². The van der Waals surface area contributed by atoms with Gasteiger partial charge in [-0.3, -0.25) is 4.79 Å². The summed E-state index contributed by atoms with van der Waals surface area (Å²) in [5.74, 6) is -0.660. The van der Waals surface area contributed by atoms with Crippen molar-refractivity contribution >= 4 is 18.0 Å². The van der Waals surface area contributed by atoms with Crippen molar-refractivity contribution in [2.24, 2.45) is 0 Å². The Morgan fingerprint density at radius 3 is 2.68 bits per heavy atom. The molecule has 0 atom stereocenters. The van der Waals surface area contributed by atoms with Crippen molar-refractivity contribution < 1.29 is 19.4 Å². The number of carboxylic acids is 1.